The van der Waals surface area contributed by atoms with Crippen LogP contribution in [-0.2, 0) is 0 Å². The summed E-state index contributed by atoms with van der Waals surface area (Å²) < 4.78 is 5.39. The fourth-order valence-corrected chi connectivity index (χ4v) is 3.32. The second-order valence-electron chi connectivity index (χ2n) is 5.70. The van der Waals surface area contributed by atoms with E-state index in [0.717, 1.165) is 24.8 Å². The number of rotatable bonds is 4. The number of benzene rings is 1. The van der Waals surface area contributed by atoms with Crippen molar-refractivity contribution in [2.75, 3.05) is 33.3 Å². The number of hydrogen-bond donors (Lipinski definition) is 1. The summed E-state index contributed by atoms with van der Waals surface area (Å²) in [5.41, 5.74) is 1.44. The first-order chi connectivity index (χ1) is 9.38. The molecule has 3 rings (SSSR count). The van der Waals surface area contributed by atoms with Crippen LogP contribution in [0.3, 0.4) is 0 Å². The molecule has 19 heavy (non-hydrogen) atoms. The van der Waals surface area contributed by atoms with E-state index in [9.17, 15) is 0 Å². The van der Waals surface area contributed by atoms with Crippen LogP contribution in [0.25, 0.3) is 0 Å². The normalized spacial score (nSPS) is 22.8. The molecule has 0 spiro atoms. The maximum atomic E-state index is 5.39. The molecule has 1 aliphatic carbocycles. The molecule has 0 bridgehead atoms. The van der Waals surface area contributed by atoms with Crippen LogP contribution in [-0.4, -0.2) is 38.2 Å². The Kier molecular flexibility index (Phi) is 4.04. The van der Waals surface area contributed by atoms with Gasteiger partial charge >= 0.3 is 0 Å². The van der Waals surface area contributed by atoms with E-state index in [2.05, 4.69) is 28.4 Å². The van der Waals surface area contributed by atoms with E-state index in [0.29, 0.717) is 6.04 Å². The van der Waals surface area contributed by atoms with Crippen LogP contribution in [0.1, 0.15) is 30.9 Å². The lowest BCUT2D eigenvalue weighted by Crippen LogP contribution is -2.47. The van der Waals surface area contributed by atoms with Gasteiger partial charge in [-0.15, -0.1) is 0 Å². The van der Waals surface area contributed by atoms with Gasteiger partial charge in [0, 0.05) is 32.2 Å². The van der Waals surface area contributed by atoms with Gasteiger partial charge in [-0.2, -0.15) is 0 Å². The first-order valence-corrected chi connectivity index (χ1v) is 7.47. The van der Waals surface area contributed by atoms with Crippen LogP contribution in [0.4, 0.5) is 0 Å². The van der Waals surface area contributed by atoms with Crippen molar-refractivity contribution in [2.45, 2.75) is 25.3 Å². The Bertz CT molecular complexity index is 411. The number of piperazine rings is 1. The minimum atomic E-state index is 0.589. The summed E-state index contributed by atoms with van der Waals surface area (Å²) in [5.74, 6) is 1.82. The molecule has 1 heterocycles. The first kappa shape index (κ1) is 12.9. The molecule has 3 heteroatoms. The number of methoxy groups -OCH3 is 1. The molecule has 1 aromatic carbocycles. The number of hydrogen-bond acceptors (Lipinski definition) is 3. The van der Waals surface area contributed by atoms with Crippen LogP contribution in [0.5, 0.6) is 5.75 Å². The Morgan fingerprint density at radius 2 is 2.05 bits per heavy atom. The molecule has 1 atom stereocenters. The van der Waals surface area contributed by atoms with Crippen LogP contribution in [0.15, 0.2) is 24.3 Å². The predicted octanol–water partition coefficient (Wildman–Crippen LogP) is 2.44. The molecule has 0 unspecified atom stereocenters. The van der Waals surface area contributed by atoms with Crippen LogP contribution < -0.4 is 10.1 Å². The van der Waals surface area contributed by atoms with Gasteiger partial charge in [-0.05, 0) is 36.5 Å². The largest absolute Gasteiger partial charge is 0.497 e. The number of nitrogens with one attached hydrogen (secondary N) is 1. The molecular weight excluding hydrogens is 236 g/mol. The minimum absolute atomic E-state index is 0.589. The standard InChI is InChI=1S/C16H24N2O/c1-19-15-7-3-6-14(12-15)16(13-4-2-5-13)18-10-8-17-9-11-18/h3,6-7,12-13,16-17H,2,4-5,8-11H2,1H3/t16-/m1/s1. The summed E-state index contributed by atoms with van der Waals surface area (Å²) in [5, 5.41) is 3.45. The molecule has 0 aromatic heterocycles. The van der Waals surface area contributed by atoms with Crippen molar-refractivity contribution in [3.63, 3.8) is 0 Å². The molecule has 1 saturated heterocycles. The maximum Gasteiger partial charge on any atom is 0.119 e. The molecule has 0 radical (unpaired) electrons. The van der Waals surface area contributed by atoms with Crippen LogP contribution >= 0.6 is 0 Å². The van der Waals surface area contributed by atoms with Gasteiger partial charge in [-0.25, -0.2) is 0 Å². The number of ether oxygens (including phenoxy) is 1. The summed E-state index contributed by atoms with van der Waals surface area (Å²) in [7, 11) is 1.75. The fourth-order valence-electron chi connectivity index (χ4n) is 3.32. The molecule has 2 fully saturated rings. The second-order valence-corrected chi connectivity index (χ2v) is 5.70. The lowest BCUT2D eigenvalue weighted by molar-refractivity contribution is 0.0836. The lowest BCUT2D eigenvalue weighted by atomic mass is 9.76. The van der Waals surface area contributed by atoms with Crippen molar-refractivity contribution >= 4 is 0 Å². The SMILES string of the molecule is COc1cccc([C@@H](C2CCC2)N2CCNCC2)c1. The van der Waals surface area contributed by atoms with E-state index < -0.39 is 0 Å². The summed E-state index contributed by atoms with van der Waals surface area (Å²) >= 11 is 0. The Balaban J connectivity index is 1.84. The summed E-state index contributed by atoms with van der Waals surface area (Å²) in [6.07, 6.45) is 4.16. The summed E-state index contributed by atoms with van der Waals surface area (Å²) in [6.45, 7) is 4.57. The zero-order chi connectivity index (χ0) is 13.1. The zero-order valence-electron chi connectivity index (χ0n) is 11.8. The molecule has 3 nitrogen and oxygen atoms in total. The Morgan fingerprint density at radius 1 is 1.26 bits per heavy atom. The molecule has 1 aromatic rings. The number of nitrogens with zero attached hydrogens (tertiary/aromatic N) is 1. The predicted molar refractivity (Wildman–Crippen MR) is 77.5 cm³/mol. The Hall–Kier alpha value is -1.06. The molecule has 2 aliphatic rings. The molecule has 1 saturated carbocycles. The van der Waals surface area contributed by atoms with Crippen molar-refractivity contribution in [3.05, 3.63) is 29.8 Å². The van der Waals surface area contributed by atoms with E-state index in [1.54, 1.807) is 7.11 Å². The molecule has 104 valence electrons. The van der Waals surface area contributed by atoms with Gasteiger partial charge in [0.1, 0.15) is 5.75 Å². The fraction of sp³-hybridized carbons (Fsp3) is 0.625. The van der Waals surface area contributed by atoms with E-state index in [1.165, 1.54) is 37.9 Å². The zero-order valence-corrected chi connectivity index (χ0v) is 11.8. The maximum absolute atomic E-state index is 5.39. The van der Waals surface area contributed by atoms with E-state index in [1.807, 2.05) is 6.07 Å². The van der Waals surface area contributed by atoms with Crippen LogP contribution in [0, 0.1) is 5.92 Å². The monoisotopic (exact) mass is 260 g/mol. The lowest BCUT2D eigenvalue weighted by Gasteiger charge is -2.43. The Labute approximate surface area is 115 Å². The average Bonchev–Trinajstić information content (AvgIpc) is 2.43. The van der Waals surface area contributed by atoms with E-state index in [-0.39, 0.29) is 0 Å². The third-order valence-electron chi connectivity index (χ3n) is 4.58. The molecular formula is C16H24N2O. The highest BCUT2D eigenvalue weighted by Gasteiger charge is 2.33. The van der Waals surface area contributed by atoms with Gasteiger partial charge < -0.3 is 10.1 Å². The highest BCUT2D eigenvalue weighted by Crippen LogP contribution is 2.42. The van der Waals surface area contributed by atoms with Crippen molar-refractivity contribution in [2.24, 2.45) is 5.92 Å². The second kappa shape index (κ2) is 5.93. The van der Waals surface area contributed by atoms with Gasteiger partial charge in [0.25, 0.3) is 0 Å². The van der Waals surface area contributed by atoms with Crippen molar-refractivity contribution < 1.29 is 4.74 Å². The summed E-state index contributed by atoms with van der Waals surface area (Å²) in [4.78, 5) is 2.66. The smallest absolute Gasteiger partial charge is 0.119 e. The highest BCUT2D eigenvalue weighted by atomic mass is 16.5. The highest BCUT2D eigenvalue weighted by molar-refractivity contribution is 5.31. The van der Waals surface area contributed by atoms with E-state index in [4.69, 9.17) is 4.74 Å². The van der Waals surface area contributed by atoms with E-state index >= 15 is 0 Å². The Morgan fingerprint density at radius 3 is 2.68 bits per heavy atom. The first-order valence-electron chi connectivity index (χ1n) is 7.47. The topological polar surface area (TPSA) is 24.5 Å². The average molecular weight is 260 g/mol. The van der Waals surface area contributed by atoms with Gasteiger partial charge in [-0.3, -0.25) is 4.90 Å². The van der Waals surface area contributed by atoms with Gasteiger partial charge in [0.05, 0.1) is 7.11 Å². The summed E-state index contributed by atoms with van der Waals surface area (Å²) in [6, 6.07) is 9.26. The molecule has 1 N–H and O–H groups in total. The van der Waals surface area contributed by atoms with Gasteiger partial charge in [-0.1, -0.05) is 18.6 Å². The van der Waals surface area contributed by atoms with Crippen molar-refractivity contribution in [1.82, 2.24) is 10.2 Å². The van der Waals surface area contributed by atoms with Gasteiger partial charge in [0.15, 0.2) is 0 Å². The van der Waals surface area contributed by atoms with Crippen molar-refractivity contribution in [3.8, 4) is 5.75 Å². The van der Waals surface area contributed by atoms with Crippen LogP contribution in [0.2, 0.25) is 0 Å². The van der Waals surface area contributed by atoms with Crippen molar-refractivity contribution in [1.29, 1.82) is 0 Å². The molecule has 0 amide bonds. The third-order valence-corrected chi connectivity index (χ3v) is 4.58. The third kappa shape index (κ3) is 2.77. The minimum Gasteiger partial charge on any atom is -0.497 e. The quantitative estimate of drug-likeness (QED) is 0.900. The van der Waals surface area contributed by atoms with Gasteiger partial charge in [0.2, 0.25) is 0 Å². The molecule has 1 aliphatic heterocycles.